The van der Waals surface area contributed by atoms with Crippen LogP contribution in [0.3, 0.4) is 0 Å². The molecule has 0 saturated carbocycles. The van der Waals surface area contributed by atoms with Crippen molar-refractivity contribution in [1.29, 1.82) is 0 Å². The van der Waals surface area contributed by atoms with Crippen LogP contribution in [0.5, 0.6) is 5.75 Å². The number of aromatic hydroxyl groups is 1. The van der Waals surface area contributed by atoms with Gasteiger partial charge in [0.05, 0.1) is 5.56 Å². The normalized spacial score (nSPS) is 10.3. The Hall–Kier alpha value is -1.88. The first-order valence-electron chi connectivity index (χ1n) is 5.53. The molecule has 5 heteroatoms. The van der Waals surface area contributed by atoms with E-state index in [-0.39, 0.29) is 11.3 Å². The number of hydrogen-bond donors (Lipinski definition) is 2. The summed E-state index contributed by atoms with van der Waals surface area (Å²) < 4.78 is 13.8. The number of carbonyl (C=O) groups excluding carboxylic acids is 1. The molecule has 1 amide bonds. The van der Waals surface area contributed by atoms with Gasteiger partial charge in [-0.1, -0.05) is 22.0 Å². The second kappa shape index (κ2) is 5.40. The minimum absolute atomic E-state index is 0.131. The van der Waals surface area contributed by atoms with Crippen LogP contribution < -0.4 is 5.32 Å². The summed E-state index contributed by atoms with van der Waals surface area (Å²) in [6, 6.07) is 8.70. The molecule has 2 N–H and O–H groups in total. The third kappa shape index (κ3) is 3.12. The average molecular weight is 324 g/mol. The molecule has 2 rings (SSSR count). The lowest BCUT2D eigenvalue weighted by Crippen LogP contribution is -2.13. The second-order valence-corrected chi connectivity index (χ2v) is 4.99. The lowest BCUT2D eigenvalue weighted by Gasteiger charge is -2.09. The van der Waals surface area contributed by atoms with E-state index >= 15 is 0 Å². The van der Waals surface area contributed by atoms with E-state index in [1.165, 1.54) is 24.3 Å². The summed E-state index contributed by atoms with van der Waals surface area (Å²) in [6.07, 6.45) is 0. The first-order valence-corrected chi connectivity index (χ1v) is 6.32. The van der Waals surface area contributed by atoms with Crippen LogP contribution in [-0.2, 0) is 0 Å². The number of halogens is 2. The van der Waals surface area contributed by atoms with E-state index in [1.807, 2.05) is 0 Å². The molecule has 2 aromatic rings. The lowest BCUT2D eigenvalue weighted by molar-refractivity contribution is 0.102. The van der Waals surface area contributed by atoms with Crippen molar-refractivity contribution in [3.63, 3.8) is 0 Å². The van der Waals surface area contributed by atoms with Gasteiger partial charge in [-0.15, -0.1) is 0 Å². The summed E-state index contributed by atoms with van der Waals surface area (Å²) >= 11 is 3.19. The lowest BCUT2D eigenvalue weighted by atomic mass is 10.1. The highest BCUT2D eigenvalue weighted by atomic mass is 79.9. The van der Waals surface area contributed by atoms with Crippen LogP contribution in [0.2, 0.25) is 0 Å². The van der Waals surface area contributed by atoms with Gasteiger partial charge in [0, 0.05) is 10.2 Å². The molecule has 2 aromatic carbocycles. The predicted octanol–water partition coefficient (Wildman–Crippen LogP) is 3.85. The number of rotatable bonds is 2. The van der Waals surface area contributed by atoms with Crippen LogP contribution in [0.25, 0.3) is 0 Å². The van der Waals surface area contributed by atoms with Crippen molar-refractivity contribution in [2.75, 3.05) is 5.32 Å². The van der Waals surface area contributed by atoms with E-state index in [2.05, 4.69) is 21.2 Å². The van der Waals surface area contributed by atoms with Crippen molar-refractivity contribution in [2.24, 2.45) is 0 Å². The van der Waals surface area contributed by atoms with Gasteiger partial charge in [0.2, 0.25) is 0 Å². The number of hydrogen-bond acceptors (Lipinski definition) is 2. The maximum atomic E-state index is 13.1. The van der Waals surface area contributed by atoms with E-state index in [0.717, 1.165) is 5.56 Å². The second-order valence-electron chi connectivity index (χ2n) is 4.07. The maximum Gasteiger partial charge on any atom is 0.259 e. The Morgan fingerprint density at radius 1 is 1.26 bits per heavy atom. The van der Waals surface area contributed by atoms with Gasteiger partial charge in [0.15, 0.2) is 0 Å². The third-order valence-corrected chi connectivity index (χ3v) is 3.15. The van der Waals surface area contributed by atoms with E-state index in [0.29, 0.717) is 10.2 Å². The monoisotopic (exact) mass is 323 g/mol. The molecule has 0 radical (unpaired) electrons. The highest BCUT2D eigenvalue weighted by Crippen LogP contribution is 2.24. The first-order chi connectivity index (χ1) is 8.97. The Bertz CT molecular complexity index is 643. The van der Waals surface area contributed by atoms with E-state index in [4.69, 9.17) is 0 Å². The van der Waals surface area contributed by atoms with Gasteiger partial charge >= 0.3 is 0 Å². The van der Waals surface area contributed by atoms with Crippen LogP contribution in [0, 0.1) is 12.7 Å². The minimum Gasteiger partial charge on any atom is -0.507 e. The molecular formula is C14H11BrFNO2. The number of aryl methyl sites for hydroxylation is 1. The zero-order chi connectivity index (χ0) is 14.0. The van der Waals surface area contributed by atoms with Gasteiger partial charge in [0.1, 0.15) is 11.6 Å². The van der Waals surface area contributed by atoms with Crippen molar-refractivity contribution >= 4 is 27.5 Å². The zero-order valence-electron chi connectivity index (χ0n) is 10.1. The summed E-state index contributed by atoms with van der Waals surface area (Å²) in [6.45, 7) is 1.76. The number of amides is 1. The fourth-order valence-electron chi connectivity index (χ4n) is 1.62. The maximum absolute atomic E-state index is 13.1. The Labute approximate surface area is 118 Å². The van der Waals surface area contributed by atoms with Gasteiger partial charge in [-0.2, -0.15) is 0 Å². The molecule has 0 atom stereocenters. The Kier molecular flexibility index (Phi) is 3.85. The van der Waals surface area contributed by atoms with E-state index < -0.39 is 11.7 Å². The summed E-state index contributed by atoms with van der Waals surface area (Å²) in [7, 11) is 0. The number of phenols is 1. The minimum atomic E-state index is -0.487. The number of nitrogens with one attached hydrogen (secondary N) is 1. The van der Waals surface area contributed by atoms with Gasteiger partial charge in [-0.05, 0) is 42.8 Å². The van der Waals surface area contributed by atoms with Crippen LogP contribution in [-0.4, -0.2) is 11.0 Å². The van der Waals surface area contributed by atoms with Crippen molar-refractivity contribution in [2.45, 2.75) is 6.92 Å². The fraction of sp³-hybridized carbons (Fsp3) is 0.0714. The Balaban J connectivity index is 2.28. The summed E-state index contributed by atoms with van der Waals surface area (Å²) in [5.74, 6) is -1.06. The standard InChI is InChI=1S/C14H11BrFNO2/c1-8-2-4-10(16)7-12(8)17-14(19)11-5-3-9(15)6-13(11)18/h2-7,18H,1H3,(H,17,19). The molecular weight excluding hydrogens is 313 g/mol. The molecule has 0 fully saturated rings. The number of anilines is 1. The quantitative estimate of drug-likeness (QED) is 0.881. The molecule has 0 heterocycles. The van der Waals surface area contributed by atoms with Crippen LogP contribution in [0.4, 0.5) is 10.1 Å². The van der Waals surface area contributed by atoms with Crippen molar-refractivity contribution in [1.82, 2.24) is 0 Å². The molecule has 19 heavy (non-hydrogen) atoms. The molecule has 98 valence electrons. The highest BCUT2D eigenvalue weighted by molar-refractivity contribution is 9.10. The van der Waals surface area contributed by atoms with Crippen molar-refractivity contribution < 1.29 is 14.3 Å². The van der Waals surface area contributed by atoms with Crippen LogP contribution in [0.15, 0.2) is 40.9 Å². The number of phenolic OH excluding ortho intramolecular Hbond substituents is 1. The van der Waals surface area contributed by atoms with Gasteiger partial charge in [0.25, 0.3) is 5.91 Å². The number of benzene rings is 2. The summed E-state index contributed by atoms with van der Waals surface area (Å²) in [5.41, 5.74) is 1.26. The molecule has 0 spiro atoms. The smallest absolute Gasteiger partial charge is 0.259 e. The molecule has 0 aliphatic rings. The molecule has 0 aromatic heterocycles. The number of carbonyl (C=O) groups is 1. The fourth-order valence-corrected chi connectivity index (χ4v) is 1.96. The average Bonchev–Trinajstić information content (AvgIpc) is 2.33. The molecule has 0 saturated heterocycles. The summed E-state index contributed by atoms with van der Waals surface area (Å²) in [5, 5.41) is 12.3. The highest BCUT2D eigenvalue weighted by Gasteiger charge is 2.12. The Morgan fingerprint density at radius 3 is 2.68 bits per heavy atom. The molecule has 3 nitrogen and oxygen atoms in total. The van der Waals surface area contributed by atoms with E-state index in [9.17, 15) is 14.3 Å². The van der Waals surface area contributed by atoms with Crippen molar-refractivity contribution in [3.8, 4) is 5.75 Å². The van der Waals surface area contributed by atoms with Crippen LogP contribution >= 0.6 is 15.9 Å². The van der Waals surface area contributed by atoms with Gasteiger partial charge in [-0.3, -0.25) is 4.79 Å². The summed E-state index contributed by atoms with van der Waals surface area (Å²) in [4.78, 5) is 12.0. The zero-order valence-corrected chi connectivity index (χ0v) is 11.7. The largest absolute Gasteiger partial charge is 0.507 e. The molecule has 0 bridgehead atoms. The van der Waals surface area contributed by atoms with Gasteiger partial charge < -0.3 is 10.4 Å². The topological polar surface area (TPSA) is 49.3 Å². The Morgan fingerprint density at radius 2 is 2.00 bits per heavy atom. The third-order valence-electron chi connectivity index (χ3n) is 2.65. The molecule has 0 aliphatic heterocycles. The van der Waals surface area contributed by atoms with Crippen LogP contribution in [0.1, 0.15) is 15.9 Å². The first kappa shape index (κ1) is 13.5. The molecule has 0 aliphatic carbocycles. The van der Waals surface area contributed by atoms with E-state index in [1.54, 1.807) is 19.1 Å². The predicted molar refractivity (Wildman–Crippen MR) is 74.9 cm³/mol. The van der Waals surface area contributed by atoms with Gasteiger partial charge in [-0.25, -0.2) is 4.39 Å². The molecule has 0 unspecified atom stereocenters. The van der Waals surface area contributed by atoms with Crippen molar-refractivity contribution in [3.05, 3.63) is 57.8 Å². The SMILES string of the molecule is Cc1ccc(F)cc1NC(=O)c1ccc(Br)cc1O.